The number of nitrogens with one attached hydrogen (secondary N) is 1. The van der Waals surface area contributed by atoms with E-state index in [1.54, 1.807) is 19.2 Å². The molecule has 0 aliphatic heterocycles. The molecule has 2 aromatic rings. The van der Waals surface area contributed by atoms with E-state index in [4.69, 9.17) is 0 Å². The number of nitro groups is 1. The molecule has 20 heavy (non-hydrogen) atoms. The van der Waals surface area contributed by atoms with Gasteiger partial charge in [0.2, 0.25) is 0 Å². The maximum Gasteiger partial charge on any atom is 0.281 e. The van der Waals surface area contributed by atoms with Gasteiger partial charge in [0.25, 0.3) is 5.69 Å². The van der Waals surface area contributed by atoms with Crippen LogP contribution in [0.5, 0.6) is 0 Å². The average Bonchev–Trinajstić information content (AvgIpc) is 2.44. The van der Waals surface area contributed by atoms with Crippen LogP contribution in [-0.2, 0) is 0 Å². The molecule has 0 fully saturated rings. The van der Waals surface area contributed by atoms with Crippen molar-refractivity contribution in [2.24, 2.45) is 0 Å². The molecule has 5 nitrogen and oxygen atoms in total. The molecule has 6 heteroatoms. The van der Waals surface area contributed by atoms with E-state index in [0.717, 1.165) is 6.07 Å². The number of nitro benzene ring substituents is 1. The number of benzene rings is 1. The zero-order valence-electron chi connectivity index (χ0n) is 11.6. The Bertz CT molecular complexity index is 660. The molecule has 1 aromatic heterocycles. The topological polar surface area (TPSA) is 68.1 Å². The minimum absolute atomic E-state index is 0.0242. The van der Waals surface area contributed by atoms with Crippen molar-refractivity contribution in [2.75, 3.05) is 7.05 Å². The van der Waals surface area contributed by atoms with Crippen molar-refractivity contribution in [3.8, 4) is 0 Å². The van der Waals surface area contributed by atoms with Crippen LogP contribution in [-0.4, -0.2) is 23.0 Å². The first-order valence-electron chi connectivity index (χ1n) is 6.36. The molecule has 0 radical (unpaired) electrons. The predicted molar refractivity (Wildman–Crippen MR) is 75.3 cm³/mol. The fourth-order valence-corrected chi connectivity index (χ4v) is 2.30. The van der Waals surface area contributed by atoms with Crippen molar-refractivity contribution in [1.29, 1.82) is 0 Å². The highest BCUT2D eigenvalue weighted by Gasteiger charge is 2.25. The van der Waals surface area contributed by atoms with Crippen LogP contribution in [0.1, 0.15) is 25.3 Å². The first-order valence-corrected chi connectivity index (χ1v) is 6.36. The van der Waals surface area contributed by atoms with Gasteiger partial charge in [0, 0.05) is 23.7 Å². The molecule has 0 saturated heterocycles. The Morgan fingerprint density at radius 1 is 1.45 bits per heavy atom. The summed E-state index contributed by atoms with van der Waals surface area (Å²) >= 11 is 0. The van der Waals surface area contributed by atoms with Crippen molar-refractivity contribution in [2.45, 2.75) is 25.8 Å². The fourth-order valence-electron chi connectivity index (χ4n) is 2.30. The van der Waals surface area contributed by atoms with Crippen molar-refractivity contribution in [3.05, 3.63) is 45.9 Å². The zero-order chi connectivity index (χ0) is 14.9. The number of rotatable bonds is 4. The van der Waals surface area contributed by atoms with E-state index in [-0.39, 0.29) is 17.6 Å². The molecule has 0 amide bonds. The summed E-state index contributed by atoms with van der Waals surface area (Å²) in [5.41, 5.74) is 0.514. The number of likely N-dealkylation sites (N-methyl/N-ethyl adjacent to an activating group) is 1. The zero-order valence-corrected chi connectivity index (χ0v) is 11.6. The monoisotopic (exact) mass is 277 g/mol. The Hall–Kier alpha value is -2.08. The third-order valence-electron chi connectivity index (χ3n) is 3.72. The number of hydrogen-bond acceptors (Lipinski definition) is 4. The van der Waals surface area contributed by atoms with E-state index in [0.29, 0.717) is 16.5 Å². The van der Waals surface area contributed by atoms with Crippen LogP contribution in [0.4, 0.5) is 10.1 Å². The highest BCUT2D eigenvalue weighted by Crippen LogP contribution is 2.34. The molecule has 106 valence electrons. The van der Waals surface area contributed by atoms with Gasteiger partial charge in [-0.3, -0.25) is 15.1 Å². The lowest BCUT2D eigenvalue weighted by atomic mass is 9.91. The lowest BCUT2D eigenvalue weighted by Crippen LogP contribution is -2.28. The lowest BCUT2D eigenvalue weighted by molar-refractivity contribution is -0.383. The second kappa shape index (κ2) is 5.50. The van der Waals surface area contributed by atoms with Crippen LogP contribution in [0.25, 0.3) is 10.9 Å². The van der Waals surface area contributed by atoms with E-state index in [9.17, 15) is 14.5 Å². The van der Waals surface area contributed by atoms with Gasteiger partial charge in [-0.1, -0.05) is 6.92 Å². The van der Waals surface area contributed by atoms with Crippen LogP contribution >= 0.6 is 0 Å². The molecule has 1 aromatic carbocycles. The SMILES string of the molecule is CNC(C)C(C)c1c(F)cc([N+](=O)[O-])c2cccnc12. The molecule has 0 bridgehead atoms. The van der Waals surface area contributed by atoms with Gasteiger partial charge in [-0.05, 0) is 26.1 Å². The quantitative estimate of drug-likeness (QED) is 0.689. The van der Waals surface area contributed by atoms with Crippen LogP contribution in [0.2, 0.25) is 0 Å². The van der Waals surface area contributed by atoms with Crippen molar-refractivity contribution in [1.82, 2.24) is 10.3 Å². The summed E-state index contributed by atoms with van der Waals surface area (Å²) in [5.74, 6) is -0.740. The van der Waals surface area contributed by atoms with E-state index in [1.165, 1.54) is 6.20 Å². The second-order valence-electron chi connectivity index (χ2n) is 4.81. The molecule has 0 saturated carbocycles. The van der Waals surface area contributed by atoms with Gasteiger partial charge in [0.15, 0.2) is 0 Å². The maximum atomic E-state index is 14.3. The van der Waals surface area contributed by atoms with Crippen LogP contribution < -0.4 is 5.32 Å². The predicted octanol–water partition coefficient (Wildman–Crippen LogP) is 2.99. The van der Waals surface area contributed by atoms with Crippen molar-refractivity contribution in [3.63, 3.8) is 0 Å². The number of fused-ring (bicyclic) bond motifs is 1. The Balaban J connectivity index is 2.76. The third kappa shape index (κ3) is 2.34. The highest BCUT2D eigenvalue weighted by atomic mass is 19.1. The standard InChI is InChI=1S/C14H16FN3O2/c1-8(9(2)16-3)13-11(15)7-12(18(19)20)10-5-4-6-17-14(10)13/h4-9,16H,1-3H3. The van der Waals surface area contributed by atoms with Crippen molar-refractivity contribution >= 4 is 16.6 Å². The Kier molecular flexibility index (Phi) is 3.94. The molecule has 2 unspecified atom stereocenters. The minimum atomic E-state index is -0.586. The summed E-state index contributed by atoms with van der Waals surface area (Å²) in [4.78, 5) is 14.6. The van der Waals surface area contributed by atoms with Gasteiger partial charge < -0.3 is 5.32 Å². The number of aromatic nitrogens is 1. The summed E-state index contributed by atoms with van der Waals surface area (Å²) < 4.78 is 14.3. The van der Waals surface area contributed by atoms with Gasteiger partial charge in [-0.2, -0.15) is 0 Å². The molecule has 2 atom stereocenters. The largest absolute Gasteiger partial charge is 0.317 e. The first kappa shape index (κ1) is 14.3. The summed E-state index contributed by atoms with van der Waals surface area (Å²) in [6.45, 7) is 3.81. The third-order valence-corrected chi connectivity index (χ3v) is 3.72. The number of nitrogens with zero attached hydrogens (tertiary/aromatic N) is 2. The Morgan fingerprint density at radius 2 is 2.15 bits per heavy atom. The molecule has 2 rings (SSSR count). The Morgan fingerprint density at radius 3 is 2.75 bits per heavy atom. The maximum absolute atomic E-state index is 14.3. The first-order chi connectivity index (χ1) is 9.47. The van der Waals surface area contributed by atoms with Crippen LogP contribution in [0.15, 0.2) is 24.4 Å². The smallest absolute Gasteiger partial charge is 0.281 e. The number of non-ortho nitro benzene ring substituents is 1. The number of pyridine rings is 1. The molecule has 1 N–H and O–H groups in total. The van der Waals surface area contributed by atoms with Gasteiger partial charge in [0.05, 0.1) is 21.9 Å². The lowest BCUT2D eigenvalue weighted by Gasteiger charge is -2.21. The van der Waals surface area contributed by atoms with Gasteiger partial charge in [0.1, 0.15) is 5.82 Å². The molecule has 1 heterocycles. The molecule has 0 aliphatic rings. The van der Waals surface area contributed by atoms with E-state index in [2.05, 4.69) is 10.3 Å². The Labute approximate surface area is 116 Å². The normalized spacial score (nSPS) is 14.2. The number of hydrogen-bond donors (Lipinski definition) is 1. The number of halogens is 1. The van der Waals surface area contributed by atoms with Crippen LogP contribution in [0.3, 0.4) is 0 Å². The molecular formula is C14H16FN3O2. The highest BCUT2D eigenvalue weighted by molar-refractivity contribution is 5.90. The molecular weight excluding hydrogens is 261 g/mol. The fraction of sp³-hybridized carbons (Fsp3) is 0.357. The van der Waals surface area contributed by atoms with Gasteiger partial charge in [-0.15, -0.1) is 0 Å². The van der Waals surface area contributed by atoms with Crippen molar-refractivity contribution < 1.29 is 9.31 Å². The van der Waals surface area contributed by atoms with Gasteiger partial charge in [-0.25, -0.2) is 4.39 Å². The molecule has 0 spiro atoms. The minimum Gasteiger partial charge on any atom is -0.317 e. The second-order valence-corrected chi connectivity index (χ2v) is 4.81. The van der Waals surface area contributed by atoms with E-state index < -0.39 is 10.7 Å². The van der Waals surface area contributed by atoms with E-state index in [1.807, 2.05) is 13.8 Å². The van der Waals surface area contributed by atoms with Crippen LogP contribution in [0, 0.1) is 15.9 Å². The van der Waals surface area contributed by atoms with E-state index >= 15 is 0 Å². The molecule has 0 aliphatic carbocycles. The summed E-state index contributed by atoms with van der Waals surface area (Å²) in [5, 5.41) is 14.5. The summed E-state index contributed by atoms with van der Waals surface area (Å²) in [6, 6.07) is 4.22. The van der Waals surface area contributed by atoms with Gasteiger partial charge >= 0.3 is 0 Å². The summed E-state index contributed by atoms with van der Waals surface area (Å²) in [6.07, 6.45) is 1.52. The summed E-state index contributed by atoms with van der Waals surface area (Å²) in [7, 11) is 1.79. The average molecular weight is 277 g/mol.